The molecule has 0 aliphatic carbocycles. The minimum atomic E-state index is -0.644. The van der Waals surface area contributed by atoms with E-state index in [0.29, 0.717) is 30.2 Å². The highest BCUT2D eigenvalue weighted by molar-refractivity contribution is 5.97. The maximum absolute atomic E-state index is 14.0. The number of methoxy groups -OCH3 is 3. The van der Waals surface area contributed by atoms with E-state index in [9.17, 15) is 9.59 Å². The fraction of sp³-hybridized carbons (Fsp3) is 0.267. The molecule has 0 spiro atoms. The van der Waals surface area contributed by atoms with Crippen LogP contribution < -0.4 is 14.2 Å². The molecular weight excluding hydrogens is 482 g/mol. The lowest BCUT2D eigenvalue weighted by atomic mass is 9.85. The van der Waals surface area contributed by atoms with Crippen molar-refractivity contribution in [3.8, 4) is 17.2 Å². The summed E-state index contributed by atoms with van der Waals surface area (Å²) in [6.45, 7) is 0.324. The summed E-state index contributed by atoms with van der Waals surface area (Å²) in [5.74, 6) is 1.80. The Hall–Kier alpha value is -4.46. The molecular formula is C30H29N3O5. The van der Waals surface area contributed by atoms with Crippen molar-refractivity contribution in [2.24, 2.45) is 0 Å². The van der Waals surface area contributed by atoms with Crippen LogP contribution in [-0.4, -0.2) is 60.5 Å². The monoisotopic (exact) mass is 511 g/mol. The number of aromatic nitrogens is 1. The summed E-state index contributed by atoms with van der Waals surface area (Å²) in [6, 6.07) is 20.0. The molecule has 194 valence electrons. The van der Waals surface area contributed by atoms with Gasteiger partial charge in [-0.25, -0.2) is 0 Å². The summed E-state index contributed by atoms with van der Waals surface area (Å²) in [5.41, 5.74) is 4.59. The van der Waals surface area contributed by atoms with E-state index in [1.165, 1.54) is 0 Å². The van der Waals surface area contributed by atoms with Crippen molar-refractivity contribution in [3.05, 3.63) is 89.1 Å². The Morgan fingerprint density at radius 2 is 1.68 bits per heavy atom. The number of para-hydroxylation sites is 1. The van der Waals surface area contributed by atoms with Crippen molar-refractivity contribution in [1.29, 1.82) is 0 Å². The smallest absolute Gasteiger partial charge is 0.246 e. The van der Waals surface area contributed by atoms with E-state index in [1.807, 2.05) is 60.7 Å². The van der Waals surface area contributed by atoms with Gasteiger partial charge in [-0.15, -0.1) is 0 Å². The van der Waals surface area contributed by atoms with Crippen LogP contribution in [0.3, 0.4) is 0 Å². The number of ether oxygens (including phenoxy) is 3. The van der Waals surface area contributed by atoms with Gasteiger partial charge in [-0.3, -0.25) is 9.59 Å². The minimum Gasteiger partial charge on any atom is -0.497 e. The molecule has 4 aromatic rings. The molecule has 0 saturated carbocycles. The molecule has 1 aromatic heterocycles. The van der Waals surface area contributed by atoms with Gasteiger partial charge in [0, 0.05) is 35.1 Å². The molecule has 6 rings (SSSR count). The summed E-state index contributed by atoms with van der Waals surface area (Å²) >= 11 is 0. The molecule has 2 amide bonds. The predicted octanol–water partition coefficient (Wildman–Crippen LogP) is 4.08. The highest BCUT2D eigenvalue weighted by Gasteiger charge is 2.48. The highest BCUT2D eigenvalue weighted by atomic mass is 16.5. The Bertz CT molecular complexity index is 1540. The lowest BCUT2D eigenvalue weighted by Gasteiger charge is -2.47. The maximum atomic E-state index is 14.0. The first kappa shape index (κ1) is 23.9. The molecule has 8 heteroatoms. The molecule has 1 N–H and O–H groups in total. The van der Waals surface area contributed by atoms with Gasteiger partial charge in [0.1, 0.15) is 35.9 Å². The quantitative estimate of drug-likeness (QED) is 0.422. The summed E-state index contributed by atoms with van der Waals surface area (Å²) in [7, 11) is 4.83. The van der Waals surface area contributed by atoms with Crippen LogP contribution in [0.15, 0.2) is 66.7 Å². The van der Waals surface area contributed by atoms with E-state index in [1.54, 1.807) is 31.1 Å². The molecule has 38 heavy (non-hydrogen) atoms. The van der Waals surface area contributed by atoms with Crippen LogP contribution in [0.4, 0.5) is 0 Å². The SMILES string of the molecule is COc1cccc(CN2CC(=O)N3[C@@H](c4cc(OC)ccc4OC)c4[nH]c5ccccc5c4C[C@H]3C2=O)c1. The van der Waals surface area contributed by atoms with Crippen LogP contribution in [0.25, 0.3) is 10.9 Å². The summed E-state index contributed by atoms with van der Waals surface area (Å²) in [4.78, 5) is 34.8. The van der Waals surface area contributed by atoms with Crippen LogP contribution in [0.1, 0.15) is 28.4 Å². The third-order valence-corrected chi connectivity index (χ3v) is 7.58. The molecule has 2 atom stereocenters. The maximum Gasteiger partial charge on any atom is 0.246 e. The molecule has 2 aliphatic heterocycles. The fourth-order valence-corrected chi connectivity index (χ4v) is 5.83. The van der Waals surface area contributed by atoms with Crippen molar-refractivity contribution in [2.75, 3.05) is 27.9 Å². The van der Waals surface area contributed by atoms with Crippen molar-refractivity contribution < 1.29 is 23.8 Å². The number of carbonyl (C=O) groups excluding carboxylic acids is 2. The van der Waals surface area contributed by atoms with Crippen LogP contribution in [0, 0.1) is 0 Å². The molecule has 8 nitrogen and oxygen atoms in total. The number of aromatic amines is 1. The van der Waals surface area contributed by atoms with Crippen molar-refractivity contribution in [1.82, 2.24) is 14.8 Å². The van der Waals surface area contributed by atoms with Crippen molar-refractivity contribution in [2.45, 2.75) is 25.0 Å². The zero-order valence-corrected chi connectivity index (χ0v) is 21.6. The number of amides is 2. The number of fused-ring (bicyclic) bond motifs is 4. The number of carbonyl (C=O) groups is 2. The van der Waals surface area contributed by atoms with Gasteiger partial charge in [0.2, 0.25) is 11.8 Å². The number of benzene rings is 3. The summed E-state index contributed by atoms with van der Waals surface area (Å²) < 4.78 is 16.6. The first-order valence-electron chi connectivity index (χ1n) is 12.6. The molecule has 0 radical (unpaired) electrons. The van der Waals surface area contributed by atoms with E-state index in [-0.39, 0.29) is 18.4 Å². The van der Waals surface area contributed by atoms with Crippen LogP contribution in [0.2, 0.25) is 0 Å². The van der Waals surface area contributed by atoms with E-state index in [2.05, 4.69) is 11.1 Å². The Morgan fingerprint density at radius 3 is 2.47 bits per heavy atom. The molecule has 0 unspecified atom stereocenters. The van der Waals surface area contributed by atoms with Crippen molar-refractivity contribution in [3.63, 3.8) is 0 Å². The summed E-state index contributed by atoms with van der Waals surface area (Å²) in [5, 5.41) is 1.05. The lowest BCUT2D eigenvalue weighted by molar-refractivity contribution is -0.159. The lowest BCUT2D eigenvalue weighted by Crippen LogP contribution is -2.62. The van der Waals surface area contributed by atoms with E-state index < -0.39 is 12.1 Å². The second-order valence-electron chi connectivity index (χ2n) is 9.64. The molecule has 0 bridgehead atoms. The normalized spacial score (nSPS) is 18.8. The van der Waals surface area contributed by atoms with Gasteiger partial charge in [-0.1, -0.05) is 30.3 Å². The van der Waals surface area contributed by atoms with E-state index in [0.717, 1.165) is 33.3 Å². The number of H-pyrrole nitrogens is 1. The number of nitrogens with one attached hydrogen (secondary N) is 1. The summed E-state index contributed by atoms with van der Waals surface area (Å²) in [6.07, 6.45) is 0.432. The van der Waals surface area contributed by atoms with Gasteiger partial charge >= 0.3 is 0 Å². The van der Waals surface area contributed by atoms with Gasteiger partial charge < -0.3 is 29.0 Å². The average Bonchev–Trinajstić information content (AvgIpc) is 3.33. The zero-order chi connectivity index (χ0) is 26.4. The van der Waals surface area contributed by atoms with E-state index in [4.69, 9.17) is 14.2 Å². The molecule has 2 aliphatic rings. The second kappa shape index (κ2) is 9.45. The van der Waals surface area contributed by atoms with Gasteiger partial charge in [0.15, 0.2) is 0 Å². The fourth-order valence-electron chi connectivity index (χ4n) is 5.83. The highest BCUT2D eigenvalue weighted by Crippen LogP contribution is 2.45. The van der Waals surface area contributed by atoms with Crippen LogP contribution in [0.5, 0.6) is 17.2 Å². The molecule has 1 fully saturated rings. The van der Waals surface area contributed by atoms with Gasteiger partial charge in [0.05, 0.1) is 21.3 Å². The first-order chi connectivity index (χ1) is 18.5. The van der Waals surface area contributed by atoms with Crippen LogP contribution in [-0.2, 0) is 22.6 Å². The largest absolute Gasteiger partial charge is 0.497 e. The van der Waals surface area contributed by atoms with E-state index >= 15 is 0 Å². The third kappa shape index (κ3) is 3.84. The Labute approximate surface area is 220 Å². The van der Waals surface area contributed by atoms with Crippen molar-refractivity contribution >= 4 is 22.7 Å². The minimum absolute atomic E-state index is 0.00904. The number of hydrogen-bond acceptors (Lipinski definition) is 5. The Morgan fingerprint density at radius 1 is 0.895 bits per heavy atom. The zero-order valence-electron chi connectivity index (χ0n) is 21.6. The number of hydrogen-bond donors (Lipinski definition) is 1. The molecule has 1 saturated heterocycles. The average molecular weight is 512 g/mol. The molecule has 3 heterocycles. The second-order valence-corrected chi connectivity index (χ2v) is 9.64. The Kier molecular flexibility index (Phi) is 5.94. The van der Waals surface area contributed by atoms with Gasteiger partial charge in [0.25, 0.3) is 0 Å². The van der Waals surface area contributed by atoms with Gasteiger partial charge in [-0.05, 0) is 47.5 Å². The Balaban J connectivity index is 1.47. The van der Waals surface area contributed by atoms with Gasteiger partial charge in [-0.2, -0.15) is 0 Å². The van der Waals surface area contributed by atoms with Crippen LogP contribution >= 0.6 is 0 Å². The molecule has 3 aromatic carbocycles. The first-order valence-corrected chi connectivity index (χ1v) is 12.6. The number of piperazine rings is 1. The standard InChI is InChI=1S/C30H29N3O5/c1-36-19-8-6-7-18(13-19)16-32-17-27(34)33-25(30(32)35)15-22-21-9-4-5-10-24(21)31-28(22)29(33)23-14-20(37-2)11-12-26(23)38-3/h4-14,25,29,31H,15-17H2,1-3H3/t25-,29-/m0/s1. The predicted molar refractivity (Wildman–Crippen MR) is 142 cm³/mol. The third-order valence-electron chi connectivity index (χ3n) is 7.58. The number of nitrogens with zero attached hydrogens (tertiary/aromatic N) is 2. The number of rotatable bonds is 6. The topological polar surface area (TPSA) is 84.1 Å².